The van der Waals surface area contributed by atoms with Gasteiger partial charge in [-0.3, -0.25) is 10.1 Å². The van der Waals surface area contributed by atoms with Gasteiger partial charge in [0.1, 0.15) is 5.75 Å². The highest BCUT2D eigenvalue weighted by atomic mass is 32.2. The minimum absolute atomic E-state index is 0.00511. The lowest BCUT2D eigenvalue weighted by Crippen LogP contribution is -2.12. The number of rotatable bonds is 7. The number of nitrogens with zero attached hydrogens (tertiary/aromatic N) is 2. The highest BCUT2D eigenvalue weighted by Crippen LogP contribution is 2.23. The topological polar surface area (TPSA) is 111 Å². The summed E-state index contributed by atoms with van der Waals surface area (Å²) in [5.74, 6) is 0.493. The Morgan fingerprint density at radius 1 is 1.04 bits per heavy atom. The van der Waals surface area contributed by atoms with Gasteiger partial charge in [0.25, 0.3) is 5.91 Å². The van der Waals surface area contributed by atoms with Gasteiger partial charge in [0.15, 0.2) is 9.84 Å². The normalized spacial score (nSPS) is 11.2. The molecule has 0 aliphatic carbocycles. The number of nitrogens with one attached hydrogen (secondary N) is 1. The third-order valence-electron chi connectivity index (χ3n) is 3.91. The summed E-state index contributed by atoms with van der Waals surface area (Å²) in [4.78, 5) is 12.5. The van der Waals surface area contributed by atoms with Crippen molar-refractivity contribution in [2.45, 2.75) is 18.7 Å². The second-order valence-corrected chi connectivity index (χ2v) is 8.03. The fourth-order valence-electron chi connectivity index (χ4n) is 2.40. The number of carbonyl (C=O) groups excluding carboxylic acids is 1. The Hall–Kier alpha value is -3.20. The summed E-state index contributed by atoms with van der Waals surface area (Å²) >= 11 is 0. The van der Waals surface area contributed by atoms with Crippen molar-refractivity contribution in [3.63, 3.8) is 0 Å². The molecule has 0 fully saturated rings. The van der Waals surface area contributed by atoms with Crippen LogP contribution in [-0.2, 0) is 9.84 Å². The van der Waals surface area contributed by atoms with Gasteiger partial charge in [0.2, 0.25) is 5.89 Å². The van der Waals surface area contributed by atoms with E-state index in [1.54, 1.807) is 31.2 Å². The highest BCUT2D eigenvalue weighted by Gasteiger charge is 2.15. The van der Waals surface area contributed by atoms with Gasteiger partial charge in [-0.25, -0.2) is 8.42 Å². The number of hydrogen-bond donors (Lipinski definition) is 1. The SMILES string of the molecule is CCOc1ccc(-c2nnc(NC(=O)c3ccc(S(=O)(=O)CC)cc3)o2)cc1. The van der Waals surface area contributed by atoms with E-state index in [-0.39, 0.29) is 28.1 Å². The number of anilines is 1. The molecule has 0 saturated carbocycles. The molecular formula is C19H19N3O5S. The lowest BCUT2D eigenvalue weighted by atomic mass is 10.2. The molecule has 2 aromatic carbocycles. The van der Waals surface area contributed by atoms with Crippen LogP contribution in [0.25, 0.3) is 11.5 Å². The Bertz CT molecular complexity index is 1060. The summed E-state index contributed by atoms with van der Waals surface area (Å²) in [6.45, 7) is 4.03. The van der Waals surface area contributed by atoms with Crippen molar-refractivity contribution in [2.24, 2.45) is 0 Å². The number of aromatic nitrogens is 2. The Labute approximate surface area is 162 Å². The van der Waals surface area contributed by atoms with Crippen molar-refractivity contribution in [1.29, 1.82) is 0 Å². The summed E-state index contributed by atoms with van der Waals surface area (Å²) in [5, 5.41) is 10.2. The van der Waals surface area contributed by atoms with Crippen LogP contribution in [0.4, 0.5) is 6.01 Å². The molecule has 8 nitrogen and oxygen atoms in total. The number of carbonyl (C=O) groups is 1. The number of sulfone groups is 1. The molecule has 0 unspecified atom stereocenters. The zero-order chi connectivity index (χ0) is 20.1. The predicted octanol–water partition coefficient (Wildman–Crippen LogP) is 3.18. The molecule has 0 radical (unpaired) electrons. The minimum atomic E-state index is -3.32. The third kappa shape index (κ3) is 4.37. The van der Waals surface area contributed by atoms with E-state index in [0.29, 0.717) is 12.2 Å². The summed E-state index contributed by atoms with van der Waals surface area (Å²) in [6.07, 6.45) is 0. The van der Waals surface area contributed by atoms with E-state index in [1.807, 2.05) is 6.92 Å². The summed E-state index contributed by atoms with van der Waals surface area (Å²) in [5.41, 5.74) is 0.960. The zero-order valence-electron chi connectivity index (χ0n) is 15.4. The molecule has 1 amide bonds. The van der Waals surface area contributed by atoms with Crippen LogP contribution < -0.4 is 10.1 Å². The van der Waals surface area contributed by atoms with Gasteiger partial charge >= 0.3 is 6.01 Å². The van der Waals surface area contributed by atoms with E-state index in [9.17, 15) is 13.2 Å². The van der Waals surface area contributed by atoms with Gasteiger partial charge in [0.05, 0.1) is 17.3 Å². The fraction of sp³-hybridized carbons (Fsp3) is 0.211. The summed E-state index contributed by atoms with van der Waals surface area (Å²) < 4.78 is 34.5. The van der Waals surface area contributed by atoms with Crippen molar-refractivity contribution in [1.82, 2.24) is 10.2 Å². The van der Waals surface area contributed by atoms with Gasteiger partial charge in [-0.05, 0) is 55.5 Å². The highest BCUT2D eigenvalue weighted by molar-refractivity contribution is 7.91. The van der Waals surface area contributed by atoms with E-state index in [2.05, 4.69) is 15.5 Å². The molecule has 3 rings (SSSR count). The molecule has 0 saturated heterocycles. The predicted molar refractivity (Wildman–Crippen MR) is 103 cm³/mol. The number of ether oxygens (including phenoxy) is 1. The lowest BCUT2D eigenvalue weighted by Gasteiger charge is -2.04. The van der Waals surface area contributed by atoms with Crippen molar-refractivity contribution >= 4 is 21.8 Å². The van der Waals surface area contributed by atoms with E-state index in [1.165, 1.54) is 24.3 Å². The lowest BCUT2D eigenvalue weighted by molar-refractivity contribution is 0.102. The maximum absolute atomic E-state index is 12.3. The van der Waals surface area contributed by atoms with Crippen LogP contribution in [-0.4, -0.2) is 36.9 Å². The second kappa shape index (κ2) is 8.22. The van der Waals surface area contributed by atoms with Gasteiger partial charge < -0.3 is 9.15 Å². The Kier molecular flexibility index (Phi) is 5.74. The minimum Gasteiger partial charge on any atom is -0.494 e. The number of amides is 1. The molecule has 3 aromatic rings. The largest absolute Gasteiger partial charge is 0.494 e. The second-order valence-electron chi connectivity index (χ2n) is 5.75. The first-order valence-electron chi connectivity index (χ1n) is 8.64. The smallest absolute Gasteiger partial charge is 0.322 e. The van der Waals surface area contributed by atoms with E-state index >= 15 is 0 Å². The molecule has 28 heavy (non-hydrogen) atoms. The molecule has 1 aromatic heterocycles. The molecule has 1 N–H and O–H groups in total. The average molecular weight is 401 g/mol. The standard InChI is InChI=1S/C19H19N3O5S/c1-3-26-15-9-5-14(6-10-15)18-21-22-19(27-18)20-17(23)13-7-11-16(12-8-13)28(24,25)4-2/h5-12H,3-4H2,1-2H3,(H,20,22,23). The molecule has 1 heterocycles. The van der Waals surface area contributed by atoms with Crippen LogP contribution >= 0.6 is 0 Å². The van der Waals surface area contributed by atoms with Crippen molar-refractivity contribution in [3.8, 4) is 17.2 Å². The molecule has 0 aliphatic rings. The molecule has 9 heteroatoms. The van der Waals surface area contributed by atoms with Crippen LogP contribution in [0.5, 0.6) is 5.75 Å². The van der Waals surface area contributed by atoms with Crippen LogP contribution in [0.15, 0.2) is 57.8 Å². The summed E-state index contributed by atoms with van der Waals surface area (Å²) in [7, 11) is -3.32. The molecule has 0 aliphatic heterocycles. The van der Waals surface area contributed by atoms with Crippen LogP contribution in [0.1, 0.15) is 24.2 Å². The maximum atomic E-state index is 12.3. The quantitative estimate of drug-likeness (QED) is 0.647. The van der Waals surface area contributed by atoms with Crippen molar-refractivity contribution < 1.29 is 22.4 Å². The molecule has 0 bridgehead atoms. The average Bonchev–Trinajstić information content (AvgIpc) is 3.17. The third-order valence-corrected chi connectivity index (χ3v) is 5.66. The molecular weight excluding hydrogens is 382 g/mol. The maximum Gasteiger partial charge on any atom is 0.322 e. The van der Waals surface area contributed by atoms with Crippen molar-refractivity contribution in [2.75, 3.05) is 17.7 Å². The van der Waals surface area contributed by atoms with Crippen LogP contribution in [0.2, 0.25) is 0 Å². The van der Waals surface area contributed by atoms with E-state index in [4.69, 9.17) is 9.15 Å². The van der Waals surface area contributed by atoms with E-state index in [0.717, 1.165) is 5.75 Å². The van der Waals surface area contributed by atoms with Gasteiger partial charge in [-0.15, -0.1) is 5.10 Å². The van der Waals surface area contributed by atoms with Gasteiger partial charge in [-0.1, -0.05) is 12.0 Å². The Morgan fingerprint density at radius 3 is 2.32 bits per heavy atom. The van der Waals surface area contributed by atoms with Crippen molar-refractivity contribution in [3.05, 3.63) is 54.1 Å². The first kappa shape index (κ1) is 19.6. The Morgan fingerprint density at radius 2 is 1.71 bits per heavy atom. The van der Waals surface area contributed by atoms with Gasteiger partial charge in [0, 0.05) is 11.1 Å². The van der Waals surface area contributed by atoms with Gasteiger partial charge in [-0.2, -0.15) is 0 Å². The zero-order valence-corrected chi connectivity index (χ0v) is 16.2. The van der Waals surface area contributed by atoms with Crippen LogP contribution in [0.3, 0.4) is 0 Å². The Balaban J connectivity index is 1.70. The fourth-order valence-corrected chi connectivity index (χ4v) is 3.28. The molecule has 0 spiro atoms. The monoisotopic (exact) mass is 401 g/mol. The molecule has 146 valence electrons. The van der Waals surface area contributed by atoms with Crippen LogP contribution in [0, 0.1) is 0 Å². The first-order chi connectivity index (χ1) is 13.4. The molecule has 0 atom stereocenters. The number of benzene rings is 2. The first-order valence-corrected chi connectivity index (χ1v) is 10.3. The van der Waals surface area contributed by atoms with E-state index < -0.39 is 15.7 Å². The number of hydrogen-bond acceptors (Lipinski definition) is 7. The summed E-state index contributed by atoms with van der Waals surface area (Å²) in [6, 6.07) is 12.7.